The number of alkyl carbamates (subject to hydrolysis) is 1. The van der Waals surface area contributed by atoms with Gasteiger partial charge in [-0.1, -0.05) is 30.3 Å². The summed E-state index contributed by atoms with van der Waals surface area (Å²) in [4.78, 5) is 63.3. The molecule has 0 saturated carbocycles. The number of hydrogen-bond acceptors (Lipinski definition) is 11. The zero-order chi connectivity index (χ0) is 32.7. The van der Waals surface area contributed by atoms with Gasteiger partial charge in [-0.2, -0.15) is 4.79 Å². The van der Waals surface area contributed by atoms with Gasteiger partial charge in [0.25, 0.3) is 11.4 Å². The fraction of sp³-hybridized carbons (Fsp3) is 0.296. The Hall–Kier alpha value is -5.61. The van der Waals surface area contributed by atoms with Gasteiger partial charge in [-0.25, -0.2) is 18.6 Å². The van der Waals surface area contributed by atoms with E-state index in [9.17, 15) is 44.1 Å². The highest BCUT2D eigenvalue weighted by molar-refractivity contribution is 8.01. The monoisotopic (exact) mass is 643 g/mol. The number of carbonyl (C=O) groups is 4. The number of nitrogens with one attached hydrogen (secondary N) is 1. The Morgan fingerprint density at radius 2 is 1.76 bits per heavy atom. The zero-order valence-electron chi connectivity index (χ0n) is 23.4. The van der Waals surface area contributed by atoms with Crippen LogP contribution in [-0.4, -0.2) is 77.7 Å². The third-order valence-corrected chi connectivity index (χ3v) is 8.15. The first-order valence-corrected chi connectivity index (χ1v) is 14.3. The Morgan fingerprint density at radius 3 is 2.38 bits per heavy atom. The maximum atomic E-state index is 13.3. The van der Waals surface area contributed by atoms with Gasteiger partial charge in [0.05, 0.1) is 11.5 Å². The van der Waals surface area contributed by atoms with Crippen LogP contribution in [-0.2, 0) is 52.5 Å². The zero-order valence-corrected chi connectivity index (χ0v) is 24.2. The molecule has 0 aliphatic carbocycles. The number of benzene rings is 2. The Kier molecular flexibility index (Phi) is 10.2. The first kappa shape index (κ1) is 32.3. The number of carbonyl (C=O) groups excluding carboxylic acids is 3. The van der Waals surface area contributed by atoms with Crippen LogP contribution in [0.25, 0.3) is 5.53 Å². The molecule has 1 saturated heterocycles. The van der Waals surface area contributed by atoms with E-state index in [1.165, 1.54) is 31.2 Å². The molecule has 4 atom stereocenters. The lowest BCUT2D eigenvalue weighted by Crippen LogP contribution is -2.69. The SMILES string of the molecule is CC(OC(=O)OCc1ccc([N+](=O)[O-])cc1)[C@H]1C(=O)N2C(C(=O)O)=C(OCCNC(=O)OCc3ccccc3)C(=[N+]=[N-])[S@](=O)[C@@H]12. The molecule has 2 aliphatic heterocycles. The van der Waals surface area contributed by atoms with Crippen molar-refractivity contribution in [2.24, 2.45) is 5.92 Å². The van der Waals surface area contributed by atoms with Crippen LogP contribution >= 0.6 is 0 Å². The van der Waals surface area contributed by atoms with Crippen LogP contribution in [0.2, 0.25) is 0 Å². The fourth-order valence-corrected chi connectivity index (χ4v) is 6.07. The quantitative estimate of drug-likeness (QED) is 0.0643. The summed E-state index contributed by atoms with van der Waals surface area (Å²) in [6.45, 7) is 0.429. The van der Waals surface area contributed by atoms with Crippen LogP contribution in [0.4, 0.5) is 15.3 Å². The average molecular weight is 644 g/mol. The lowest BCUT2D eigenvalue weighted by molar-refractivity contribution is -0.384. The minimum Gasteiger partial charge on any atom is -0.482 e. The van der Waals surface area contributed by atoms with E-state index < -0.39 is 73.7 Å². The molecule has 0 bridgehead atoms. The minimum absolute atomic E-state index is 0.00141. The van der Waals surface area contributed by atoms with Gasteiger partial charge in [0.1, 0.15) is 37.2 Å². The predicted octanol–water partition coefficient (Wildman–Crippen LogP) is 2.05. The molecule has 0 spiro atoms. The Labute approximate surface area is 256 Å². The summed E-state index contributed by atoms with van der Waals surface area (Å²) in [7, 11) is -2.34. The molecule has 2 aromatic carbocycles. The van der Waals surface area contributed by atoms with E-state index in [-0.39, 0.29) is 32.1 Å². The Balaban J connectivity index is 1.36. The van der Waals surface area contributed by atoms with Crippen molar-refractivity contribution in [1.82, 2.24) is 10.2 Å². The van der Waals surface area contributed by atoms with Gasteiger partial charge in [-0.15, -0.1) is 0 Å². The molecule has 2 N–H and O–H groups in total. The van der Waals surface area contributed by atoms with Crippen molar-refractivity contribution in [3.63, 3.8) is 0 Å². The number of β-lactam (4-membered cyclic amide) rings is 1. The summed E-state index contributed by atoms with van der Waals surface area (Å²) >= 11 is 0. The fourth-order valence-electron chi connectivity index (χ4n) is 4.41. The third kappa shape index (κ3) is 7.31. The van der Waals surface area contributed by atoms with Gasteiger partial charge < -0.3 is 34.9 Å². The number of hydrogen-bond donors (Lipinski definition) is 2. The topological polar surface area (TPSA) is 237 Å². The van der Waals surface area contributed by atoms with Crippen molar-refractivity contribution in [3.05, 3.63) is 92.8 Å². The summed E-state index contributed by atoms with van der Waals surface area (Å²) in [5.74, 6) is -4.47. The number of aliphatic carboxylic acids is 1. The number of carboxylic acid groups (broad SMARTS) is 1. The molecule has 45 heavy (non-hydrogen) atoms. The molecular formula is C27H25N5O12S. The van der Waals surface area contributed by atoms with E-state index in [4.69, 9.17) is 18.9 Å². The van der Waals surface area contributed by atoms with Crippen LogP contribution in [0.1, 0.15) is 18.1 Å². The number of carboxylic acids is 1. The van der Waals surface area contributed by atoms with E-state index in [1.807, 2.05) is 0 Å². The van der Waals surface area contributed by atoms with E-state index in [0.29, 0.717) is 10.5 Å². The normalized spacial score (nSPS) is 19.3. The lowest BCUT2D eigenvalue weighted by atomic mass is 9.91. The summed E-state index contributed by atoms with van der Waals surface area (Å²) < 4.78 is 33.9. The molecule has 2 heterocycles. The van der Waals surface area contributed by atoms with Crippen molar-refractivity contribution < 1.29 is 57.2 Å². The summed E-state index contributed by atoms with van der Waals surface area (Å²) in [6.07, 6.45) is -3.26. The first-order chi connectivity index (χ1) is 21.5. The van der Waals surface area contributed by atoms with Crippen molar-refractivity contribution >= 4 is 45.7 Å². The maximum absolute atomic E-state index is 13.3. The standard InChI is InChI=1S/C27H25N5O12S/c1-15(44-27(37)43-14-17-7-9-18(10-8-17)32(38)39)19-23(33)31-20(25(34)35)21(22(30-28)45(40)24(19)31)41-12-11-29-26(36)42-13-16-5-3-2-4-6-16/h2-10,15,19,24H,11-14H2,1H3,(H,29,36)(H,34,35)/t15?,19-,24-,45-/m0/s1. The summed E-state index contributed by atoms with van der Waals surface area (Å²) in [5, 5.41) is 21.0. The highest BCUT2D eigenvalue weighted by Gasteiger charge is 2.64. The number of nitro groups is 1. The van der Waals surface area contributed by atoms with Gasteiger partial charge in [-0.3, -0.25) is 19.8 Å². The molecule has 17 nitrogen and oxygen atoms in total. The molecule has 2 amide bonds. The van der Waals surface area contributed by atoms with Crippen LogP contribution < -0.4 is 5.32 Å². The Bertz CT molecular complexity index is 1610. The third-order valence-electron chi connectivity index (χ3n) is 6.56. The second-order valence-corrected chi connectivity index (χ2v) is 10.9. The van der Waals surface area contributed by atoms with E-state index in [2.05, 4.69) is 10.1 Å². The van der Waals surface area contributed by atoms with Gasteiger partial charge in [-0.05, 0) is 30.2 Å². The largest absolute Gasteiger partial charge is 0.508 e. The molecule has 4 rings (SSSR count). The second kappa shape index (κ2) is 14.2. The maximum Gasteiger partial charge on any atom is 0.508 e. The highest BCUT2D eigenvalue weighted by atomic mass is 32.2. The summed E-state index contributed by atoms with van der Waals surface area (Å²) in [6, 6.07) is 14.0. The minimum atomic E-state index is -2.34. The number of non-ortho nitro benzene ring substituents is 1. The van der Waals surface area contributed by atoms with E-state index >= 15 is 0 Å². The van der Waals surface area contributed by atoms with Crippen molar-refractivity contribution in [3.8, 4) is 0 Å². The number of nitrogens with zero attached hydrogens (tertiary/aromatic N) is 4. The van der Waals surface area contributed by atoms with Crippen LogP contribution in [0.3, 0.4) is 0 Å². The summed E-state index contributed by atoms with van der Waals surface area (Å²) in [5.41, 5.74) is 9.84. The smallest absolute Gasteiger partial charge is 0.482 e. The lowest BCUT2D eigenvalue weighted by Gasteiger charge is -2.48. The first-order valence-electron chi connectivity index (χ1n) is 13.1. The van der Waals surface area contributed by atoms with Crippen LogP contribution in [0, 0.1) is 16.0 Å². The number of amides is 2. The molecule has 236 valence electrons. The molecule has 2 aliphatic rings. The number of rotatable bonds is 12. The van der Waals surface area contributed by atoms with E-state index in [0.717, 1.165) is 5.56 Å². The molecule has 1 unspecified atom stereocenters. The molecular weight excluding hydrogens is 618 g/mol. The second-order valence-electron chi connectivity index (χ2n) is 9.43. The molecule has 0 radical (unpaired) electrons. The number of ether oxygens (including phenoxy) is 4. The van der Waals surface area contributed by atoms with Crippen LogP contribution in [0.5, 0.6) is 0 Å². The van der Waals surface area contributed by atoms with Crippen LogP contribution in [0.15, 0.2) is 66.1 Å². The number of fused-ring (bicyclic) bond motifs is 1. The van der Waals surface area contributed by atoms with Crippen molar-refractivity contribution in [2.75, 3.05) is 13.2 Å². The van der Waals surface area contributed by atoms with Crippen molar-refractivity contribution in [1.29, 1.82) is 0 Å². The number of nitro benzene ring substituents is 1. The van der Waals surface area contributed by atoms with Gasteiger partial charge in [0, 0.05) is 12.1 Å². The van der Waals surface area contributed by atoms with Gasteiger partial charge in [0.2, 0.25) is 5.91 Å². The molecule has 18 heteroatoms. The van der Waals surface area contributed by atoms with Gasteiger partial charge in [0.15, 0.2) is 16.5 Å². The molecule has 0 aromatic heterocycles. The van der Waals surface area contributed by atoms with E-state index in [1.54, 1.807) is 30.3 Å². The predicted molar refractivity (Wildman–Crippen MR) is 150 cm³/mol. The van der Waals surface area contributed by atoms with Crippen molar-refractivity contribution in [2.45, 2.75) is 31.6 Å². The van der Waals surface area contributed by atoms with Gasteiger partial charge >= 0.3 is 23.3 Å². The molecule has 1 fully saturated rings. The molecule has 2 aromatic rings. The Morgan fingerprint density at radius 1 is 1.11 bits per heavy atom. The average Bonchev–Trinajstić information content (AvgIpc) is 3.01. The highest BCUT2D eigenvalue weighted by Crippen LogP contribution is 2.41.